The first-order chi connectivity index (χ1) is 8.83. The molecule has 1 unspecified atom stereocenters. The molecule has 0 bridgehead atoms. The van der Waals surface area contributed by atoms with Crippen LogP contribution in [0.4, 0.5) is 0 Å². The van der Waals surface area contributed by atoms with E-state index in [9.17, 15) is 4.79 Å². The number of nitrogens with one attached hydrogen (secondary N) is 1. The molecular formula is C12H17N5O. The zero-order valence-electron chi connectivity index (χ0n) is 10.2. The van der Waals surface area contributed by atoms with Crippen LogP contribution < -0.4 is 5.32 Å². The number of carbonyl (C=O) groups excluding carboxylic acids is 1. The van der Waals surface area contributed by atoms with Crippen molar-refractivity contribution in [3.8, 4) is 0 Å². The van der Waals surface area contributed by atoms with E-state index in [0.29, 0.717) is 12.6 Å². The van der Waals surface area contributed by atoms with Crippen molar-refractivity contribution in [1.29, 1.82) is 0 Å². The molecule has 2 aliphatic rings. The third-order valence-corrected chi connectivity index (χ3v) is 3.53. The van der Waals surface area contributed by atoms with Gasteiger partial charge in [0.1, 0.15) is 5.82 Å². The molecule has 0 spiro atoms. The number of amides is 1. The maximum Gasteiger partial charge on any atom is 0.236 e. The van der Waals surface area contributed by atoms with Crippen LogP contribution >= 0.6 is 0 Å². The van der Waals surface area contributed by atoms with Gasteiger partial charge in [0.25, 0.3) is 0 Å². The van der Waals surface area contributed by atoms with Crippen LogP contribution in [-0.2, 0) is 11.3 Å². The Labute approximate surface area is 106 Å². The van der Waals surface area contributed by atoms with Crippen LogP contribution in [0.25, 0.3) is 0 Å². The largest absolute Gasteiger partial charge is 0.335 e. The summed E-state index contributed by atoms with van der Waals surface area (Å²) in [5, 5.41) is 3.17. The zero-order chi connectivity index (χ0) is 12.4. The SMILES string of the molecule is O=C1CNCC2CN(Cc3ncccn3)CCN12. The molecule has 0 aliphatic carbocycles. The summed E-state index contributed by atoms with van der Waals surface area (Å²) in [7, 11) is 0. The Bertz CT molecular complexity index is 424. The van der Waals surface area contributed by atoms with Crippen LogP contribution in [0.2, 0.25) is 0 Å². The summed E-state index contributed by atoms with van der Waals surface area (Å²) < 4.78 is 0. The quantitative estimate of drug-likeness (QED) is 0.733. The van der Waals surface area contributed by atoms with Gasteiger partial charge in [-0.15, -0.1) is 0 Å². The minimum absolute atomic E-state index is 0.224. The van der Waals surface area contributed by atoms with Crippen molar-refractivity contribution in [2.75, 3.05) is 32.7 Å². The lowest BCUT2D eigenvalue weighted by Crippen LogP contribution is -2.63. The Hall–Kier alpha value is -1.53. The fourth-order valence-corrected chi connectivity index (χ4v) is 2.63. The van der Waals surface area contributed by atoms with Gasteiger partial charge >= 0.3 is 0 Å². The lowest BCUT2D eigenvalue weighted by molar-refractivity contribution is -0.137. The van der Waals surface area contributed by atoms with Gasteiger partial charge in [0, 0.05) is 38.6 Å². The smallest absolute Gasteiger partial charge is 0.236 e. The fourth-order valence-electron chi connectivity index (χ4n) is 2.63. The summed E-state index contributed by atoms with van der Waals surface area (Å²) in [4.78, 5) is 24.5. The Balaban J connectivity index is 1.62. The maximum absolute atomic E-state index is 11.7. The molecule has 1 amide bonds. The number of carbonyl (C=O) groups is 1. The molecule has 0 saturated carbocycles. The monoisotopic (exact) mass is 247 g/mol. The van der Waals surface area contributed by atoms with Crippen molar-refractivity contribution >= 4 is 5.91 Å². The second-order valence-electron chi connectivity index (χ2n) is 4.77. The summed E-state index contributed by atoms with van der Waals surface area (Å²) in [6.07, 6.45) is 3.54. The van der Waals surface area contributed by atoms with Crippen LogP contribution in [0.3, 0.4) is 0 Å². The average molecular weight is 247 g/mol. The molecule has 6 nitrogen and oxygen atoms in total. The van der Waals surface area contributed by atoms with Crippen molar-refractivity contribution in [2.45, 2.75) is 12.6 Å². The van der Waals surface area contributed by atoms with E-state index in [2.05, 4.69) is 20.2 Å². The molecule has 0 radical (unpaired) electrons. The molecule has 96 valence electrons. The average Bonchev–Trinajstić information content (AvgIpc) is 2.40. The third-order valence-electron chi connectivity index (χ3n) is 3.53. The van der Waals surface area contributed by atoms with Gasteiger partial charge in [0.15, 0.2) is 0 Å². The van der Waals surface area contributed by atoms with Gasteiger partial charge in [-0.05, 0) is 6.07 Å². The predicted octanol–water partition coefficient (Wildman–Crippen LogP) is -0.907. The van der Waals surface area contributed by atoms with Gasteiger partial charge in [0.05, 0.1) is 19.1 Å². The summed E-state index contributed by atoms with van der Waals surface area (Å²) in [5.41, 5.74) is 0. The summed E-state index contributed by atoms with van der Waals surface area (Å²) in [6, 6.07) is 2.12. The van der Waals surface area contributed by atoms with E-state index in [1.54, 1.807) is 12.4 Å². The number of hydrogen-bond donors (Lipinski definition) is 1. The molecule has 3 rings (SSSR count). The van der Waals surface area contributed by atoms with Gasteiger partial charge < -0.3 is 10.2 Å². The highest BCUT2D eigenvalue weighted by molar-refractivity contribution is 5.79. The molecule has 6 heteroatoms. The van der Waals surface area contributed by atoms with E-state index >= 15 is 0 Å². The minimum atomic E-state index is 0.224. The second kappa shape index (κ2) is 4.99. The normalized spacial score (nSPS) is 25.0. The zero-order valence-corrected chi connectivity index (χ0v) is 10.2. The number of aromatic nitrogens is 2. The number of piperazine rings is 2. The van der Waals surface area contributed by atoms with Gasteiger partial charge in [-0.2, -0.15) is 0 Å². The van der Waals surface area contributed by atoms with Crippen molar-refractivity contribution in [3.05, 3.63) is 24.3 Å². The van der Waals surface area contributed by atoms with Crippen molar-refractivity contribution in [3.63, 3.8) is 0 Å². The molecule has 2 aliphatic heterocycles. The van der Waals surface area contributed by atoms with Crippen molar-refractivity contribution < 1.29 is 4.79 Å². The van der Waals surface area contributed by atoms with Crippen molar-refractivity contribution in [2.24, 2.45) is 0 Å². The van der Waals surface area contributed by atoms with E-state index in [0.717, 1.165) is 38.5 Å². The maximum atomic E-state index is 11.7. The molecular weight excluding hydrogens is 230 g/mol. The predicted molar refractivity (Wildman–Crippen MR) is 65.7 cm³/mol. The first kappa shape index (κ1) is 11.6. The molecule has 2 fully saturated rings. The van der Waals surface area contributed by atoms with Crippen LogP contribution in [0.15, 0.2) is 18.5 Å². The summed E-state index contributed by atoms with van der Waals surface area (Å²) in [5.74, 6) is 1.07. The lowest BCUT2D eigenvalue weighted by atomic mass is 10.1. The van der Waals surface area contributed by atoms with Crippen LogP contribution in [0.1, 0.15) is 5.82 Å². The topological polar surface area (TPSA) is 61.4 Å². The van der Waals surface area contributed by atoms with E-state index in [-0.39, 0.29) is 5.91 Å². The number of rotatable bonds is 2. The molecule has 18 heavy (non-hydrogen) atoms. The fraction of sp³-hybridized carbons (Fsp3) is 0.583. The molecule has 3 heterocycles. The number of nitrogens with zero attached hydrogens (tertiary/aromatic N) is 4. The first-order valence-electron chi connectivity index (χ1n) is 6.31. The molecule has 2 saturated heterocycles. The van der Waals surface area contributed by atoms with Gasteiger partial charge in [0.2, 0.25) is 5.91 Å². The summed E-state index contributed by atoms with van der Waals surface area (Å²) in [6.45, 7) is 4.76. The molecule has 0 aromatic carbocycles. The Morgan fingerprint density at radius 3 is 3.00 bits per heavy atom. The van der Waals surface area contributed by atoms with Crippen molar-refractivity contribution in [1.82, 2.24) is 25.1 Å². The van der Waals surface area contributed by atoms with E-state index in [1.807, 2.05) is 11.0 Å². The number of fused-ring (bicyclic) bond motifs is 1. The molecule has 1 aromatic rings. The standard InChI is InChI=1S/C12H17N5O/c18-12-7-13-6-10-8-16(4-5-17(10)12)9-11-14-2-1-3-15-11/h1-3,10,13H,4-9H2. The third kappa shape index (κ3) is 2.34. The van der Waals surface area contributed by atoms with E-state index in [4.69, 9.17) is 0 Å². The Morgan fingerprint density at radius 1 is 1.33 bits per heavy atom. The Kier molecular flexibility index (Phi) is 3.21. The second-order valence-corrected chi connectivity index (χ2v) is 4.77. The summed E-state index contributed by atoms with van der Waals surface area (Å²) >= 11 is 0. The Morgan fingerprint density at radius 2 is 2.17 bits per heavy atom. The molecule has 1 atom stereocenters. The molecule has 1 N–H and O–H groups in total. The first-order valence-corrected chi connectivity index (χ1v) is 6.31. The van der Waals surface area contributed by atoms with Gasteiger partial charge in [-0.25, -0.2) is 9.97 Å². The van der Waals surface area contributed by atoms with E-state index < -0.39 is 0 Å². The van der Waals surface area contributed by atoms with Crippen LogP contribution in [-0.4, -0.2) is 64.4 Å². The number of hydrogen-bond acceptors (Lipinski definition) is 5. The highest BCUT2D eigenvalue weighted by Gasteiger charge is 2.32. The molecule has 1 aromatic heterocycles. The minimum Gasteiger partial charge on any atom is -0.335 e. The van der Waals surface area contributed by atoms with E-state index in [1.165, 1.54) is 0 Å². The highest BCUT2D eigenvalue weighted by Crippen LogP contribution is 2.13. The van der Waals surface area contributed by atoms with Gasteiger partial charge in [-0.3, -0.25) is 9.69 Å². The van der Waals surface area contributed by atoms with Crippen LogP contribution in [0.5, 0.6) is 0 Å². The van der Waals surface area contributed by atoms with Gasteiger partial charge in [-0.1, -0.05) is 0 Å². The van der Waals surface area contributed by atoms with Crippen LogP contribution in [0, 0.1) is 0 Å². The lowest BCUT2D eigenvalue weighted by Gasteiger charge is -2.43. The highest BCUT2D eigenvalue weighted by atomic mass is 16.2.